The fourth-order valence-electron chi connectivity index (χ4n) is 2.72. The fourth-order valence-corrected chi connectivity index (χ4v) is 5.19. The number of hydrogen-bond donors (Lipinski definition) is 1. The quantitative estimate of drug-likeness (QED) is 0.753. The second-order valence-electron chi connectivity index (χ2n) is 6.06. The summed E-state index contributed by atoms with van der Waals surface area (Å²) in [5.74, 6) is 0.971. The van der Waals surface area contributed by atoms with Gasteiger partial charge in [-0.25, -0.2) is 8.42 Å². The maximum atomic E-state index is 12.1. The molecule has 1 saturated heterocycles. The number of nitrogens with one attached hydrogen (secondary N) is 1. The first-order valence-electron chi connectivity index (χ1n) is 7.99. The van der Waals surface area contributed by atoms with E-state index in [2.05, 4.69) is 15.5 Å². The summed E-state index contributed by atoms with van der Waals surface area (Å²) in [5.41, 5.74) is 1.13. The predicted octanol–water partition coefficient (Wildman–Crippen LogP) is 1.03. The van der Waals surface area contributed by atoms with Crippen LogP contribution >= 0.6 is 11.8 Å². The van der Waals surface area contributed by atoms with E-state index in [0.29, 0.717) is 18.1 Å². The monoisotopic (exact) mass is 380 g/mol. The van der Waals surface area contributed by atoms with Gasteiger partial charge in [-0.3, -0.25) is 4.79 Å². The van der Waals surface area contributed by atoms with Crippen LogP contribution in [0.4, 0.5) is 0 Å². The lowest BCUT2D eigenvalue weighted by atomic mass is 10.2. The molecule has 134 valence electrons. The Kier molecular flexibility index (Phi) is 5.43. The molecule has 7 nitrogen and oxygen atoms in total. The highest BCUT2D eigenvalue weighted by molar-refractivity contribution is 7.99. The van der Waals surface area contributed by atoms with Gasteiger partial charge >= 0.3 is 0 Å². The van der Waals surface area contributed by atoms with E-state index in [4.69, 9.17) is 0 Å². The van der Waals surface area contributed by atoms with Gasteiger partial charge in [-0.05, 0) is 18.9 Å². The van der Waals surface area contributed by atoms with Gasteiger partial charge in [0, 0.05) is 6.04 Å². The molecule has 1 aromatic heterocycles. The van der Waals surface area contributed by atoms with Crippen LogP contribution in [0.2, 0.25) is 0 Å². The zero-order valence-electron chi connectivity index (χ0n) is 13.9. The molecule has 2 aromatic rings. The molecule has 1 fully saturated rings. The highest BCUT2D eigenvalue weighted by Crippen LogP contribution is 2.19. The van der Waals surface area contributed by atoms with Crippen molar-refractivity contribution in [2.45, 2.75) is 31.1 Å². The third kappa shape index (κ3) is 4.82. The second-order valence-corrected chi connectivity index (χ2v) is 9.23. The standard InChI is InChI=1S/C16H20N4O3S2/c1-12-18-19-16(20(12)9-13-5-3-2-4-6-13)24-10-15(21)17-14-7-8-25(22,23)11-14/h2-6,14H,7-11H2,1H3,(H,17,21)/t14-/m1/s1. The van der Waals surface area contributed by atoms with Crippen molar-refractivity contribution in [3.8, 4) is 0 Å². The van der Waals surface area contributed by atoms with E-state index in [1.807, 2.05) is 41.8 Å². The predicted molar refractivity (Wildman–Crippen MR) is 96.2 cm³/mol. The molecule has 1 atom stereocenters. The van der Waals surface area contributed by atoms with Crippen molar-refractivity contribution in [1.82, 2.24) is 20.1 Å². The molecule has 0 bridgehead atoms. The molecule has 0 unspecified atom stereocenters. The molecule has 1 amide bonds. The normalized spacial score (nSPS) is 19.0. The van der Waals surface area contributed by atoms with Crippen LogP contribution in [-0.2, 0) is 21.2 Å². The average Bonchev–Trinajstić information content (AvgIpc) is 3.09. The molecule has 0 radical (unpaired) electrons. The van der Waals surface area contributed by atoms with Gasteiger partial charge in [0.1, 0.15) is 5.82 Å². The van der Waals surface area contributed by atoms with Crippen molar-refractivity contribution in [2.75, 3.05) is 17.3 Å². The van der Waals surface area contributed by atoms with Crippen LogP contribution in [0.3, 0.4) is 0 Å². The zero-order valence-corrected chi connectivity index (χ0v) is 15.5. The Morgan fingerprint density at radius 2 is 2.08 bits per heavy atom. The minimum absolute atomic E-state index is 0.0344. The van der Waals surface area contributed by atoms with Crippen molar-refractivity contribution in [1.29, 1.82) is 0 Å². The van der Waals surface area contributed by atoms with Crippen LogP contribution in [-0.4, -0.2) is 52.4 Å². The molecule has 1 N–H and O–H groups in total. The molecule has 0 saturated carbocycles. The van der Waals surface area contributed by atoms with Gasteiger partial charge in [-0.15, -0.1) is 10.2 Å². The average molecular weight is 380 g/mol. The van der Waals surface area contributed by atoms with E-state index < -0.39 is 9.84 Å². The van der Waals surface area contributed by atoms with Crippen LogP contribution in [0.25, 0.3) is 0 Å². The number of benzene rings is 1. The molecule has 3 rings (SSSR count). The molecule has 9 heteroatoms. The van der Waals surface area contributed by atoms with Crippen molar-refractivity contribution in [3.63, 3.8) is 0 Å². The maximum absolute atomic E-state index is 12.1. The first-order chi connectivity index (χ1) is 11.9. The van der Waals surface area contributed by atoms with Crippen LogP contribution in [0.1, 0.15) is 17.8 Å². The lowest BCUT2D eigenvalue weighted by Crippen LogP contribution is -2.36. The van der Waals surface area contributed by atoms with Crippen LogP contribution in [0, 0.1) is 6.92 Å². The number of aromatic nitrogens is 3. The lowest BCUT2D eigenvalue weighted by Gasteiger charge is -2.11. The second kappa shape index (κ2) is 7.57. The maximum Gasteiger partial charge on any atom is 0.230 e. The number of carbonyl (C=O) groups excluding carboxylic acids is 1. The third-order valence-electron chi connectivity index (χ3n) is 4.02. The number of hydrogen-bond acceptors (Lipinski definition) is 6. The molecule has 1 aliphatic heterocycles. The van der Waals surface area contributed by atoms with E-state index in [-0.39, 0.29) is 29.2 Å². The van der Waals surface area contributed by atoms with Crippen LogP contribution in [0.5, 0.6) is 0 Å². The van der Waals surface area contributed by atoms with Gasteiger partial charge in [-0.1, -0.05) is 42.1 Å². The Labute approximate surface area is 151 Å². The first kappa shape index (κ1) is 17.9. The summed E-state index contributed by atoms with van der Waals surface area (Å²) in [5, 5.41) is 11.7. The smallest absolute Gasteiger partial charge is 0.230 e. The Morgan fingerprint density at radius 1 is 1.32 bits per heavy atom. The van der Waals surface area contributed by atoms with Gasteiger partial charge in [0.05, 0.1) is 23.8 Å². The molecular weight excluding hydrogens is 360 g/mol. The summed E-state index contributed by atoms with van der Waals surface area (Å²) in [6.45, 7) is 2.52. The van der Waals surface area contributed by atoms with Crippen molar-refractivity contribution >= 4 is 27.5 Å². The van der Waals surface area contributed by atoms with Gasteiger partial charge in [0.15, 0.2) is 15.0 Å². The van der Waals surface area contributed by atoms with Crippen LogP contribution < -0.4 is 5.32 Å². The molecule has 1 aliphatic rings. The summed E-state index contributed by atoms with van der Waals surface area (Å²) in [6.07, 6.45) is 0.488. The summed E-state index contributed by atoms with van der Waals surface area (Å²) in [4.78, 5) is 12.1. The molecule has 0 spiro atoms. The minimum Gasteiger partial charge on any atom is -0.352 e. The van der Waals surface area contributed by atoms with Gasteiger partial charge < -0.3 is 9.88 Å². The number of thioether (sulfide) groups is 1. The SMILES string of the molecule is Cc1nnc(SCC(=O)N[C@@H]2CCS(=O)(=O)C2)n1Cc1ccccc1. The molecule has 2 heterocycles. The minimum atomic E-state index is -2.99. The Hall–Kier alpha value is -1.87. The fraction of sp³-hybridized carbons (Fsp3) is 0.438. The number of aryl methyl sites for hydroxylation is 1. The largest absolute Gasteiger partial charge is 0.352 e. The number of sulfone groups is 1. The Bertz CT molecular complexity index is 850. The summed E-state index contributed by atoms with van der Waals surface area (Å²) in [7, 11) is -2.99. The summed E-state index contributed by atoms with van der Waals surface area (Å²) >= 11 is 1.31. The summed E-state index contributed by atoms with van der Waals surface area (Å²) < 4.78 is 24.9. The van der Waals surface area contributed by atoms with Crippen molar-refractivity contribution in [3.05, 3.63) is 41.7 Å². The van der Waals surface area contributed by atoms with Gasteiger partial charge in [0.2, 0.25) is 5.91 Å². The Morgan fingerprint density at radius 3 is 2.76 bits per heavy atom. The van der Waals surface area contributed by atoms with Gasteiger partial charge in [-0.2, -0.15) is 0 Å². The number of carbonyl (C=O) groups is 1. The first-order valence-corrected chi connectivity index (χ1v) is 10.8. The van der Waals surface area contributed by atoms with Gasteiger partial charge in [0.25, 0.3) is 0 Å². The number of amides is 1. The molecular formula is C16H20N4O3S2. The van der Waals surface area contributed by atoms with E-state index >= 15 is 0 Å². The number of rotatable bonds is 6. The third-order valence-corrected chi connectivity index (χ3v) is 6.75. The van der Waals surface area contributed by atoms with E-state index in [0.717, 1.165) is 11.4 Å². The molecule has 25 heavy (non-hydrogen) atoms. The van der Waals surface area contributed by atoms with E-state index in [1.165, 1.54) is 11.8 Å². The molecule has 1 aromatic carbocycles. The lowest BCUT2D eigenvalue weighted by molar-refractivity contribution is -0.119. The number of nitrogens with zero attached hydrogens (tertiary/aromatic N) is 3. The highest BCUT2D eigenvalue weighted by Gasteiger charge is 2.28. The highest BCUT2D eigenvalue weighted by atomic mass is 32.2. The van der Waals surface area contributed by atoms with E-state index in [9.17, 15) is 13.2 Å². The van der Waals surface area contributed by atoms with Crippen molar-refractivity contribution in [2.24, 2.45) is 0 Å². The van der Waals surface area contributed by atoms with Crippen LogP contribution in [0.15, 0.2) is 35.5 Å². The summed E-state index contributed by atoms with van der Waals surface area (Å²) in [6, 6.07) is 9.70. The van der Waals surface area contributed by atoms with Crippen molar-refractivity contribution < 1.29 is 13.2 Å². The topological polar surface area (TPSA) is 94.0 Å². The zero-order chi connectivity index (χ0) is 17.9. The molecule has 0 aliphatic carbocycles. The Balaban J connectivity index is 1.57. The van der Waals surface area contributed by atoms with E-state index in [1.54, 1.807) is 0 Å².